The highest BCUT2D eigenvalue weighted by molar-refractivity contribution is 6.44. The molecule has 15 heavy (non-hydrogen) atoms. The first-order chi connectivity index (χ1) is 7.35. The van der Waals surface area contributed by atoms with Crippen LogP contribution < -0.4 is 0 Å². The van der Waals surface area contributed by atoms with Crippen molar-refractivity contribution >= 4 is 9.28 Å². The third-order valence-electron chi connectivity index (χ3n) is 2.02. The van der Waals surface area contributed by atoms with Crippen molar-refractivity contribution in [3.05, 3.63) is 12.8 Å². The van der Waals surface area contributed by atoms with E-state index in [1.165, 1.54) is 19.1 Å². The van der Waals surface area contributed by atoms with Crippen molar-refractivity contribution in [2.45, 2.75) is 39.2 Å². The molecule has 0 rings (SSSR count). The van der Waals surface area contributed by atoms with Gasteiger partial charge in [0, 0.05) is 13.2 Å². The van der Waals surface area contributed by atoms with Crippen molar-refractivity contribution in [2.75, 3.05) is 19.8 Å². The minimum Gasteiger partial charge on any atom is -0.502 e. The van der Waals surface area contributed by atoms with Crippen LogP contribution in [0.4, 0.5) is 0 Å². The summed E-state index contributed by atoms with van der Waals surface area (Å²) in [6, 6.07) is 1.11. The molecule has 0 saturated carbocycles. The molecule has 0 aromatic carbocycles. The van der Waals surface area contributed by atoms with Crippen LogP contribution in [0.1, 0.15) is 33.1 Å². The van der Waals surface area contributed by atoms with Gasteiger partial charge >= 0.3 is 9.28 Å². The highest BCUT2D eigenvalue weighted by Gasteiger charge is 2.10. The van der Waals surface area contributed by atoms with Gasteiger partial charge < -0.3 is 13.6 Å². The average Bonchev–Trinajstić information content (AvgIpc) is 2.24. The molecule has 0 fully saturated rings. The van der Waals surface area contributed by atoms with E-state index in [4.69, 9.17) is 13.6 Å². The zero-order valence-corrected chi connectivity index (χ0v) is 11.2. The third-order valence-corrected chi connectivity index (χ3v) is 4.31. The Labute approximate surface area is 95.3 Å². The molecular weight excluding hydrogens is 208 g/mol. The third kappa shape index (κ3) is 9.97. The van der Waals surface area contributed by atoms with E-state index in [0.717, 1.165) is 32.3 Å². The molecule has 0 unspecified atom stereocenters. The summed E-state index contributed by atoms with van der Waals surface area (Å²) in [6.07, 6.45) is 4.94. The summed E-state index contributed by atoms with van der Waals surface area (Å²) in [5.74, 6) is 0. The summed E-state index contributed by atoms with van der Waals surface area (Å²) in [7, 11) is -1.35. The average molecular weight is 232 g/mol. The number of hydrogen-bond acceptors (Lipinski definition) is 3. The van der Waals surface area contributed by atoms with E-state index < -0.39 is 9.28 Å². The van der Waals surface area contributed by atoms with Crippen molar-refractivity contribution < 1.29 is 13.6 Å². The van der Waals surface area contributed by atoms with E-state index in [2.05, 4.69) is 6.58 Å². The molecule has 4 heteroatoms. The van der Waals surface area contributed by atoms with Gasteiger partial charge in [-0.15, -0.1) is 0 Å². The van der Waals surface area contributed by atoms with Gasteiger partial charge in [0.15, 0.2) is 0 Å². The Morgan fingerprint density at radius 3 is 2.27 bits per heavy atom. The number of ether oxygens (including phenoxy) is 1. The smallest absolute Gasteiger partial charge is 0.321 e. The molecule has 0 aliphatic rings. The lowest BCUT2D eigenvalue weighted by Gasteiger charge is -2.14. The van der Waals surface area contributed by atoms with E-state index in [-0.39, 0.29) is 0 Å². The van der Waals surface area contributed by atoms with Crippen LogP contribution in [0.15, 0.2) is 12.8 Å². The van der Waals surface area contributed by atoms with Crippen molar-refractivity contribution in [3.8, 4) is 0 Å². The van der Waals surface area contributed by atoms with Crippen LogP contribution >= 0.6 is 0 Å². The summed E-state index contributed by atoms with van der Waals surface area (Å²) >= 11 is 0. The second-order valence-electron chi connectivity index (χ2n) is 3.23. The first kappa shape index (κ1) is 14.7. The molecule has 0 aliphatic heterocycles. The van der Waals surface area contributed by atoms with Gasteiger partial charge in [-0.2, -0.15) is 0 Å². The van der Waals surface area contributed by atoms with E-state index in [1.54, 1.807) is 0 Å². The predicted molar refractivity (Wildman–Crippen MR) is 65.2 cm³/mol. The summed E-state index contributed by atoms with van der Waals surface area (Å²) in [5.41, 5.74) is 0. The fourth-order valence-electron chi connectivity index (χ4n) is 1.34. The molecule has 0 N–H and O–H groups in total. The minimum absolute atomic E-state index is 0.774. The zero-order valence-electron chi connectivity index (χ0n) is 10.0. The molecule has 0 amide bonds. The van der Waals surface area contributed by atoms with Crippen LogP contribution in [0, 0.1) is 0 Å². The second kappa shape index (κ2) is 11.7. The molecule has 0 heterocycles. The fourth-order valence-corrected chi connectivity index (χ4v) is 3.14. The molecule has 0 atom stereocenters. The second-order valence-corrected chi connectivity index (χ2v) is 5.33. The molecule has 0 aliphatic carbocycles. The van der Waals surface area contributed by atoms with Gasteiger partial charge in [0.05, 0.1) is 12.9 Å². The minimum atomic E-state index is -1.35. The first-order valence-corrected chi connectivity index (χ1v) is 7.56. The van der Waals surface area contributed by atoms with Gasteiger partial charge in [-0.05, 0) is 26.3 Å². The Morgan fingerprint density at radius 2 is 1.73 bits per heavy atom. The lowest BCUT2D eigenvalue weighted by atomic mass is 10.3. The number of unbranched alkanes of at least 4 members (excludes halogenated alkanes) is 2. The zero-order chi connectivity index (χ0) is 11.4. The maximum Gasteiger partial charge on any atom is 0.321 e. The van der Waals surface area contributed by atoms with Crippen molar-refractivity contribution in [3.63, 3.8) is 0 Å². The number of hydrogen-bond donors (Lipinski definition) is 0. The van der Waals surface area contributed by atoms with Crippen molar-refractivity contribution in [1.82, 2.24) is 0 Å². The molecule has 0 bridgehead atoms. The van der Waals surface area contributed by atoms with Crippen LogP contribution in [-0.2, 0) is 13.6 Å². The van der Waals surface area contributed by atoms with Crippen LogP contribution in [0.2, 0.25) is 6.04 Å². The standard InChI is InChI=1S/C11H24O3Si/c1-4-12-10-8-7-9-11-15(13-5-2)14-6-3/h4,15H,1,5-11H2,2-3H3. The molecule has 3 nitrogen and oxygen atoms in total. The van der Waals surface area contributed by atoms with Crippen LogP contribution in [0.25, 0.3) is 0 Å². The van der Waals surface area contributed by atoms with Crippen molar-refractivity contribution in [2.24, 2.45) is 0 Å². The summed E-state index contributed by atoms with van der Waals surface area (Å²) < 4.78 is 16.2. The Balaban J connectivity index is 3.31. The van der Waals surface area contributed by atoms with Crippen LogP contribution in [-0.4, -0.2) is 29.1 Å². The van der Waals surface area contributed by atoms with Gasteiger partial charge in [-0.25, -0.2) is 0 Å². The fraction of sp³-hybridized carbons (Fsp3) is 0.818. The molecule has 90 valence electrons. The van der Waals surface area contributed by atoms with E-state index >= 15 is 0 Å². The normalized spacial score (nSPS) is 10.6. The molecule has 0 aromatic rings. The Bertz CT molecular complexity index is 136. The quantitative estimate of drug-likeness (QED) is 0.311. The molecule has 0 radical (unpaired) electrons. The largest absolute Gasteiger partial charge is 0.502 e. The van der Waals surface area contributed by atoms with Crippen molar-refractivity contribution in [1.29, 1.82) is 0 Å². The van der Waals surface area contributed by atoms with Gasteiger partial charge in [0.25, 0.3) is 0 Å². The molecule has 0 saturated heterocycles. The lowest BCUT2D eigenvalue weighted by Crippen LogP contribution is -2.22. The van der Waals surface area contributed by atoms with Crippen LogP contribution in [0.3, 0.4) is 0 Å². The predicted octanol–water partition coefficient (Wildman–Crippen LogP) is 2.61. The lowest BCUT2D eigenvalue weighted by molar-refractivity contribution is 0.211. The van der Waals surface area contributed by atoms with Crippen LogP contribution in [0.5, 0.6) is 0 Å². The Kier molecular flexibility index (Phi) is 11.5. The summed E-state index contributed by atoms with van der Waals surface area (Å²) in [4.78, 5) is 0. The topological polar surface area (TPSA) is 27.7 Å². The monoisotopic (exact) mass is 232 g/mol. The van der Waals surface area contributed by atoms with E-state index in [0.29, 0.717) is 0 Å². The molecule has 0 aromatic heterocycles. The highest BCUT2D eigenvalue weighted by atomic mass is 28.3. The first-order valence-electron chi connectivity index (χ1n) is 5.80. The Hall–Kier alpha value is -0.323. The number of rotatable bonds is 11. The van der Waals surface area contributed by atoms with E-state index in [9.17, 15) is 0 Å². The van der Waals surface area contributed by atoms with Gasteiger partial charge in [0.1, 0.15) is 0 Å². The highest BCUT2D eigenvalue weighted by Crippen LogP contribution is 2.06. The summed E-state index contributed by atoms with van der Waals surface area (Å²) in [6.45, 7) is 9.87. The van der Waals surface area contributed by atoms with Gasteiger partial charge in [0.2, 0.25) is 0 Å². The molecule has 0 spiro atoms. The van der Waals surface area contributed by atoms with Gasteiger partial charge in [-0.3, -0.25) is 0 Å². The summed E-state index contributed by atoms with van der Waals surface area (Å²) in [5, 5.41) is 0. The van der Waals surface area contributed by atoms with Gasteiger partial charge in [-0.1, -0.05) is 19.4 Å². The van der Waals surface area contributed by atoms with E-state index in [1.807, 2.05) is 13.8 Å². The molecular formula is C11H24O3Si. The SMILES string of the molecule is C=COCCCCC[SiH](OCC)OCC. The maximum absolute atomic E-state index is 5.58. The Morgan fingerprint density at radius 1 is 1.07 bits per heavy atom. The maximum atomic E-state index is 5.58.